The zero-order valence-electron chi connectivity index (χ0n) is 17.3. The van der Waals surface area contributed by atoms with E-state index in [1.165, 1.54) is 103 Å². The number of hydrogen-bond acceptors (Lipinski definition) is 0. The summed E-state index contributed by atoms with van der Waals surface area (Å²) in [5.74, 6) is 0. The van der Waals surface area contributed by atoms with Crippen molar-refractivity contribution in [3.05, 3.63) is 12.2 Å². The minimum atomic E-state index is 0. The first kappa shape index (κ1) is 26.2. The molecule has 0 spiro atoms. The van der Waals surface area contributed by atoms with Crippen LogP contribution in [0.5, 0.6) is 0 Å². The van der Waals surface area contributed by atoms with E-state index >= 15 is 0 Å². The molecule has 0 saturated carbocycles. The molecule has 0 unspecified atom stereocenters. The Labute approximate surface area is 160 Å². The largest absolute Gasteiger partial charge is 1.00 e. The van der Waals surface area contributed by atoms with Gasteiger partial charge >= 0.3 is 0 Å². The molecule has 2 heteroatoms. The Kier molecular flexibility index (Phi) is 21.1. The van der Waals surface area contributed by atoms with E-state index in [9.17, 15) is 0 Å². The minimum Gasteiger partial charge on any atom is -1.00 e. The van der Waals surface area contributed by atoms with E-state index in [1.54, 1.807) is 0 Å². The van der Waals surface area contributed by atoms with Crippen LogP contribution >= 0.6 is 0 Å². The normalized spacial score (nSPS) is 11.8. The van der Waals surface area contributed by atoms with Gasteiger partial charge in [0.15, 0.2) is 0 Å². The van der Waals surface area contributed by atoms with Crippen LogP contribution in [0.2, 0.25) is 0 Å². The molecule has 1 nitrogen and oxygen atoms in total. The Morgan fingerprint density at radius 1 is 0.583 bits per heavy atom. The third-order valence-corrected chi connectivity index (χ3v) is 4.86. The highest BCUT2D eigenvalue weighted by molar-refractivity contribution is 4.81. The van der Waals surface area contributed by atoms with E-state index in [0.29, 0.717) is 0 Å². The maximum absolute atomic E-state index is 2.42. The molecule has 0 heterocycles. The predicted molar refractivity (Wildman–Crippen MR) is 107 cm³/mol. The number of allylic oxidation sites excluding steroid dienone is 1. The fourth-order valence-corrected chi connectivity index (χ4v) is 3.08. The molecular weight excluding hydrogens is 314 g/mol. The van der Waals surface area contributed by atoms with Crippen LogP contribution in [0.1, 0.15) is 104 Å². The van der Waals surface area contributed by atoms with Crippen molar-refractivity contribution in [2.24, 2.45) is 0 Å². The van der Waals surface area contributed by atoms with Gasteiger partial charge in [0.05, 0.1) is 27.2 Å². The highest BCUT2D eigenvalue weighted by atomic mass is 35.5. The van der Waals surface area contributed by atoms with Crippen molar-refractivity contribution in [1.82, 2.24) is 0 Å². The van der Waals surface area contributed by atoms with E-state index < -0.39 is 0 Å². The first-order chi connectivity index (χ1) is 11.1. The van der Waals surface area contributed by atoms with Gasteiger partial charge in [-0.2, -0.15) is 0 Å². The molecule has 0 fully saturated rings. The number of nitrogens with zero attached hydrogens (tertiary/aromatic N) is 1. The van der Waals surface area contributed by atoms with Gasteiger partial charge in [-0.25, -0.2) is 0 Å². The summed E-state index contributed by atoms with van der Waals surface area (Å²) in [6, 6.07) is 0. The lowest BCUT2D eigenvalue weighted by atomic mass is 10.1. The van der Waals surface area contributed by atoms with Gasteiger partial charge in [-0.15, -0.1) is 0 Å². The Hall–Kier alpha value is -0.0100. The van der Waals surface area contributed by atoms with Gasteiger partial charge in [0, 0.05) is 0 Å². The summed E-state index contributed by atoms with van der Waals surface area (Å²) >= 11 is 0. The van der Waals surface area contributed by atoms with Crippen LogP contribution in [0.25, 0.3) is 0 Å². The fraction of sp³-hybridized carbons (Fsp3) is 0.909. The fourth-order valence-electron chi connectivity index (χ4n) is 3.08. The van der Waals surface area contributed by atoms with Crippen LogP contribution in [0.15, 0.2) is 12.2 Å². The monoisotopic (exact) mass is 359 g/mol. The van der Waals surface area contributed by atoms with E-state index in [2.05, 4.69) is 40.1 Å². The van der Waals surface area contributed by atoms with Crippen molar-refractivity contribution in [3.63, 3.8) is 0 Å². The molecule has 0 aliphatic carbocycles. The molecule has 0 radical (unpaired) electrons. The van der Waals surface area contributed by atoms with Crippen LogP contribution in [0.3, 0.4) is 0 Å². The van der Waals surface area contributed by atoms with Crippen molar-refractivity contribution in [2.75, 3.05) is 27.2 Å². The number of likely N-dealkylation sites (N-methyl/N-ethyl adjacent to an activating group) is 1. The molecule has 0 saturated heterocycles. The number of rotatable bonds is 17. The standard InChI is InChI=1S/C22H46N.ClH/c1-5-7-9-10-11-12-13-14-15-16-17-18-19-20-22-23(3,4)21-8-6-2;/h19-20H,5-18,21-22H2,1-4H3;1H/q+1;/p-1/b20-19+;. The van der Waals surface area contributed by atoms with Gasteiger partial charge in [0.1, 0.15) is 0 Å². The second-order valence-corrected chi connectivity index (χ2v) is 7.99. The van der Waals surface area contributed by atoms with Gasteiger partial charge in [-0.05, 0) is 25.3 Å². The van der Waals surface area contributed by atoms with E-state index in [0.717, 1.165) is 4.48 Å². The van der Waals surface area contributed by atoms with Gasteiger partial charge in [0.25, 0.3) is 0 Å². The molecule has 0 aliphatic heterocycles. The molecule has 24 heavy (non-hydrogen) atoms. The van der Waals surface area contributed by atoms with Crippen LogP contribution in [0, 0.1) is 0 Å². The minimum absolute atomic E-state index is 0. The van der Waals surface area contributed by atoms with Crippen molar-refractivity contribution in [2.45, 2.75) is 104 Å². The number of quaternary nitrogens is 1. The second kappa shape index (κ2) is 19.3. The van der Waals surface area contributed by atoms with Crippen molar-refractivity contribution in [1.29, 1.82) is 0 Å². The summed E-state index contributed by atoms with van der Waals surface area (Å²) < 4.78 is 1.14. The Morgan fingerprint density at radius 3 is 1.54 bits per heavy atom. The number of halogens is 1. The lowest BCUT2D eigenvalue weighted by molar-refractivity contribution is -0.884. The summed E-state index contributed by atoms with van der Waals surface area (Å²) in [4.78, 5) is 0. The van der Waals surface area contributed by atoms with E-state index in [4.69, 9.17) is 0 Å². The smallest absolute Gasteiger partial charge is 0.0969 e. The van der Waals surface area contributed by atoms with Gasteiger partial charge < -0.3 is 16.9 Å². The van der Waals surface area contributed by atoms with Crippen LogP contribution in [-0.4, -0.2) is 31.7 Å². The molecule has 0 bridgehead atoms. The van der Waals surface area contributed by atoms with E-state index in [-0.39, 0.29) is 12.4 Å². The Balaban J connectivity index is 0. The van der Waals surface area contributed by atoms with Crippen LogP contribution in [-0.2, 0) is 0 Å². The third kappa shape index (κ3) is 20.0. The first-order valence-corrected chi connectivity index (χ1v) is 10.6. The molecule has 0 N–H and O–H groups in total. The van der Waals surface area contributed by atoms with E-state index in [1.807, 2.05) is 0 Å². The summed E-state index contributed by atoms with van der Waals surface area (Å²) in [5.41, 5.74) is 0. The van der Waals surface area contributed by atoms with Gasteiger partial charge in [0.2, 0.25) is 0 Å². The zero-order chi connectivity index (χ0) is 17.2. The second-order valence-electron chi connectivity index (χ2n) is 7.99. The molecule has 0 rings (SSSR count). The molecule has 0 amide bonds. The predicted octanol–water partition coefficient (Wildman–Crippen LogP) is 4.12. The molecule has 0 aromatic heterocycles. The summed E-state index contributed by atoms with van der Waals surface area (Å²) in [6.07, 6.45) is 24.6. The maximum Gasteiger partial charge on any atom is 0.0969 e. The topological polar surface area (TPSA) is 0 Å². The molecule has 0 aliphatic rings. The maximum atomic E-state index is 2.42. The van der Waals surface area contributed by atoms with Gasteiger partial charge in [-0.3, -0.25) is 0 Å². The zero-order valence-corrected chi connectivity index (χ0v) is 18.0. The molecule has 0 aromatic carbocycles. The van der Waals surface area contributed by atoms with Crippen molar-refractivity contribution in [3.8, 4) is 0 Å². The van der Waals surface area contributed by atoms with Crippen LogP contribution in [0.4, 0.5) is 0 Å². The summed E-state index contributed by atoms with van der Waals surface area (Å²) in [7, 11) is 4.70. The molecule has 0 atom stereocenters. The molecule has 0 aromatic rings. The quantitative estimate of drug-likeness (QED) is 0.208. The molecule has 146 valence electrons. The van der Waals surface area contributed by atoms with Crippen LogP contribution < -0.4 is 12.4 Å². The van der Waals surface area contributed by atoms with Gasteiger partial charge in [-0.1, -0.05) is 90.6 Å². The lowest BCUT2D eigenvalue weighted by Gasteiger charge is -2.28. The summed E-state index contributed by atoms with van der Waals surface area (Å²) in [5, 5.41) is 0. The number of unbranched alkanes of at least 4 members (excludes halogenated alkanes) is 12. The highest BCUT2D eigenvalue weighted by Crippen LogP contribution is 2.12. The summed E-state index contributed by atoms with van der Waals surface area (Å²) in [6.45, 7) is 7.07. The molecular formula is C22H46ClN. The average molecular weight is 360 g/mol. The lowest BCUT2D eigenvalue weighted by Crippen LogP contribution is -3.00. The SMILES string of the molecule is CCCCCCCCCCCCC/C=C/C[N+](C)(C)CCCC.[Cl-]. The Morgan fingerprint density at radius 2 is 1.04 bits per heavy atom. The first-order valence-electron chi connectivity index (χ1n) is 10.6. The third-order valence-electron chi connectivity index (χ3n) is 4.86. The highest BCUT2D eigenvalue weighted by Gasteiger charge is 2.10. The number of hydrogen-bond donors (Lipinski definition) is 0. The average Bonchev–Trinajstić information content (AvgIpc) is 2.53. The Bertz CT molecular complexity index is 261. The van der Waals surface area contributed by atoms with Crippen molar-refractivity contribution >= 4 is 0 Å². The van der Waals surface area contributed by atoms with Crippen molar-refractivity contribution < 1.29 is 16.9 Å².